The van der Waals surface area contributed by atoms with Crippen LogP contribution >= 0.6 is 0 Å². The van der Waals surface area contributed by atoms with Gasteiger partial charge in [-0.05, 0) is 19.8 Å². The predicted molar refractivity (Wildman–Crippen MR) is 49.1 cm³/mol. The molecule has 13 heavy (non-hydrogen) atoms. The van der Waals surface area contributed by atoms with Gasteiger partial charge in [-0.3, -0.25) is 9.59 Å². The first-order valence-electron chi connectivity index (χ1n) is 4.57. The molecule has 4 nitrogen and oxygen atoms in total. The minimum Gasteiger partial charge on any atom is -0.359 e. The lowest BCUT2D eigenvalue weighted by molar-refractivity contribution is -0.122. The molecule has 2 N–H and O–H groups in total. The molecule has 1 saturated heterocycles. The van der Waals surface area contributed by atoms with Crippen LogP contribution in [0, 0.1) is 0 Å². The number of hydrogen-bond acceptors (Lipinski definition) is 2. The molecule has 1 aliphatic rings. The largest absolute Gasteiger partial charge is 0.359 e. The van der Waals surface area contributed by atoms with E-state index in [0.717, 1.165) is 12.8 Å². The van der Waals surface area contributed by atoms with E-state index in [0.29, 0.717) is 12.8 Å². The number of carbonyl (C=O) groups is 2. The zero-order valence-electron chi connectivity index (χ0n) is 8.14. The molecule has 0 aromatic carbocycles. The Hall–Kier alpha value is -1.06. The van der Waals surface area contributed by atoms with Crippen LogP contribution in [0.3, 0.4) is 0 Å². The van der Waals surface area contributed by atoms with E-state index in [4.69, 9.17) is 0 Å². The minimum atomic E-state index is -0.163. The number of nitrogens with one attached hydrogen (secondary N) is 2. The lowest BCUT2D eigenvalue weighted by Gasteiger charge is -2.23. The van der Waals surface area contributed by atoms with Crippen molar-refractivity contribution in [3.8, 4) is 0 Å². The van der Waals surface area contributed by atoms with E-state index in [2.05, 4.69) is 10.6 Å². The van der Waals surface area contributed by atoms with Crippen LogP contribution in [0.25, 0.3) is 0 Å². The fraction of sp³-hybridized carbons (Fsp3) is 0.778. The molecule has 0 spiro atoms. The molecule has 1 heterocycles. The monoisotopic (exact) mass is 184 g/mol. The zero-order chi connectivity index (χ0) is 9.90. The maximum absolute atomic E-state index is 11.0. The van der Waals surface area contributed by atoms with Gasteiger partial charge in [-0.25, -0.2) is 0 Å². The van der Waals surface area contributed by atoms with Crippen molar-refractivity contribution in [3.63, 3.8) is 0 Å². The second kappa shape index (κ2) is 3.77. The Labute approximate surface area is 78.1 Å². The highest BCUT2D eigenvalue weighted by Crippen LogP contribution is 2.24. The van der Waals surface area contributed by atoms with Gasteiger partial charge in [0.25, 0.3) is 0 Å². The Kier molecular flexibility index (Phi) is 2.90. The second-order valence-electron chi connectivity index (χ2n) is 3.78. The normalized spacial score (nSPS) is 27.1. The number of carbonyl (C=O) groups excluding carboxylic acids is 2. The first-order chi connectivity index (χ1) is 6.06. The van der Waals surface area contributed by atoms with Crippen LogP contribution < -0.4 is 10.6 Å². The second-order valence-corrected chi connectivity index (χ2v) is 3.78. The average molecular weight is 184 g/mol. The van der Waals surface area contributed by atoms with Crippen LogP contribution in [0.1, 0.15) is 32.6 Å². The highest BCUT2D eigenvalue weighted by Gasteiger charge is 2.32. The molecule has 1 aliphatic heterocycles. The van der Waals surface area contributed by atoms with Gasteiger partial charge in [0.2, 0.25) is 11.8 Å². The molecule has 0 bridgehead atoms. The summed E-state index contributed by atoms with van der Waals surface area (Å²) in [5, 5.41) is 5.46. The lowest BCUT2D eigenvalue weighted by atomic mass is 9.94. The third-order valence-corrected chi connectivity index (χ3v) is 2.53. The summed E-state index contributed by atoms with van der Waals surface area (Å²) in [5.74, 6) is 0.127. The van der Waals surface area contributed by atoms with Gasteiger partial charge < -0.3 is 10.6 Å². The van der Waals surface area contributed by atoms with Crippen molar-refractivity contribution in [1.82, 2.24) is 10.6 Å². The molecular weight excluding hydrogens is 168 g/mol. The Bertz CT molecular complexity index is 228. The fourth-order valence-corrected chi connectivity index (χ4v) is 1.55. The van der Waals surface area contributed by atoms with E-state index >= 15 is 0 Å². The summed E-state index contributed by atoms with van der Waals surface area (Å²) < 4.78 is 0. The van der Waals surface area contributed by atoms with E-state index in [-0.39, 0.29) is 17.4 Å². The Morgan fingerprint density at radius 2 is 2.38 bits per heavy atom. The maximum Gasteiger partial charge on any atom is 0.220 e. The molecular formula is C9H16N2O2. The van der Waals surface area contributed by atoms with Crippen molar-refractivity contribution < 1.29 is 9.59 Å². The van der Waals surface area contributed by atoms with Gasteiger partial charge in [0.05, 0.1) is 0 Å². The predicted octanol–water partition coefficient (Wildman–Crippen LogP) is 0.181. The number of hydrogen-bond donors (Lipinski definition) is 2. The van der Waals surface area contributed by atoms with Gasteiger partial charge in [0, 0.05) is 25.4 Å². The standard InChI is InChI=1S/C9H16N2O2/c1-9(5-3-7(12)10-2)6-4-8(13)11-9/h3-6H2,1-2H3,(H,10,12)(H,11,13). The van der Waals surface area contributed by atoms with Crippen LogP contribution in [0.15, 0.2) is 0 Å². The van der Waals surface area contributed by atoms with E-state index < -0.39 is 0 Å². The summed E-state index contributed by atoms with van der Waals surface area (Å²) in [6, 6.07) is 0. The first-order valence-corrected chi connectivity index (χ1v) is 4.57. The molecule has 1 rings (SSSR count). The highest BCUT2D eigenvalue weighted by molar-refractivity contribution is 5.80. The van der Waals surface area contributed by atoms with Gasteiger partial charge in [0.1, 0.15) is 0 Å². The smallest absolute Gasteiger partial charge is 0.220 e. The molecule has 0 aromatic rings. The molecule has 0 aliphatic carbocycles. The topological polar surface area (TPSA) is 58.2 Å². The lowest BCUT2D eigenvalue weighted by Crippen LogP contribution is -2.39. The van der Waals surface area contributed by atoms with Crippen LogP contribution in [0.5, 0.6) is 0 Å². The highest BCUT2D eigenvalue weighted by atomic mass is 16.2. The quantitative estimate of drug-likeness (QED) is 0.657. The van der Waals surface area contributed by atoms with Crippen molar-refractivity contribution in [3.05, 3.63) is 0 Å². The van der Waals surface area contributed by atoms with Crippen LogP contribution in [-0.4, -0.2) is 24.4 Å². The Morgan fingerprint density at radius 3 is 2.85 bits per heavy atom. The van der Waals surface area contributed by atoms with E-state index in [1.54, 1.807) is 7.05 Å². The Morgan fingerprint density at radius 1 is 1.69 bits per heavy atom. The minimum absolute atomic E-state index is 0.0300. The fourth-order valence-electron chi connectivity index (χ4n) is 1.55. The van der Waals surface area contributed by atoms with Crippen molar-refractivity contribution in [2.75, 3.05) is 7.05 Å². The van der Waals surface area contributed by atoms with Crippen molar-refractivity contribution >= 4 is 11.8 Å². The van der Waals surface area contributed by atoms with Crippen molar-refractivity contribution in [2.45, 2.75) is 38.1 Å². The summed E-state index contributed by atoms with van der Waals surface area (Å²) in [6.07, 6.45) is 2.62. The summed E-state index contributed by atoms with van der Waals surface area (Å²) >= 11 is 0. The summed E-state index contributed by atoms with van der Waals surface area (Å²) in [6.45, 7) is 1.99. The molecule has 74 valence electrons. The van der Waals surface area contributed by atoms with Crippen molar-refractivity contribution in [1.29, 1.82) is 0 Å². The van der Waals surface area contributed by atoms with E-state index in [1.165, 1.54) is 0 Å². The number of amides is 2. The van der Waals surface area contributed by atoms with Gasteiger partial charge in [-0.2, -0.15) is 0 Å². The number of rotatable bonds is 3. The van der Waals surface area contributed by atoms with Gasteiger partial charge in [-0.15, -0.1) is 0 Å². The van der Waals surface area contributed by atoms with Crippen LogP contribution in [0.4, 0.5) is 0 Å². The summed E-state index contributed by atoms with van der Waals surface area (Å²) in [5.41, 5.74) is -0.163. The van der Waals surface area contributed by atoms with E-state index in [1.807, 2.05) is 6.92 Å². The van der Waals surface area contributed by atoms with E-state index in [9.17, 15) is 9.59 Å². The van der Waals surface area contributed by atoms with Crippen molar-refractivity contribution in [2.24, 2.45) is 0 Å². The molecule has 1 atom stereocenters. The molecule has 0 radical (unpaired) electrons. The molecule has 1 unspecified atom stereocenters. The van der Waals surface area contributed by atoms with Gasteiger partial charge in [0.15, 0.2) is 0 Å². The SMILES string of the molecule is CNC(=O)CCC1(C)CCC(=O)N1. The third kappa shape index (κ3) is 2.72. The summed E-state index contributed by atoms with van der Waals surface area (Å²) in [4.78, 5) is 21.9. The third-order valence-electron chi connectivity index (χ3n) is 2.53. The molecule has 0 aromatic heterocycles. The van der Waals surface area contributed by atoms with Crippen LogP contribution in [-0.2, 0) is 9.59 Å². The van der Waals surface area contributed by atoms with Crippen LogP contribution in [0.2, 0.25) is 0 Å². The molecule has 4 heteroatoms. The zero-order valence-corrected chi connectivity index (χ0v) is 8.14. The maximum atomic E-state index is 11.0. The Balaban J connectivity index is 2.35. The average Bonchev–Trinajstić information content (AvgIpc) is 2.43. The first kappa shape index (κ1) is 10.0. The van der Waals surface area contributed by atoms with Gasteiger partial charge >= 0.3 is 0 Å². The van der Waals surface area contributed by atoms with Gasteiger partial charge in [-0.1, -0.05) is 0 Å². The molecule has 2 amide bonds. The molecule has 0 saturated carbocycles. The summed E-state index contributed by atoms with van der Waals surface area (Å²) in [7, 11) is 1.62. The molecule has 1 fully saturated rings.